The van der Waals surface area contributed by atoms with Gasteiger partial charge < -0.3 is 0 Å². The van der Waals surface area contributed by atoms with Gasteiger partial charge in [-0.05, 0) is 146 Å². The van der Waals surface area contributed by atoms with Gasteiger partial charge in [-0.1, -0.05) is 109 Å². The van der Waals surface area contributed by atoms with Crippen LogP contribution in [0.25, 0.3) is 84.7 Å². The van der Waals surface area contributed by atoms with Crippen molar-refractivity contribution in [1.82, 2.24) is 9.97 Å². The predicted molar refractivity (Wildman–Crippen MR) is 238 cm³/mol. The standard InChI is InChI=1S/C52H38N2S2/c1-3-15-37-32(11-1)26-34-13-9-17-39(45(34)47(37)50-53-41-19-5-7-21-43(41)55-50)49-36-24-30-23-31(25-36)29-52(49,28-30)40-18-10-14-35-27-33-12-2-4-16-38(33)48(46(35)40)51-54-42-20-6-8-22-44(42)56-51/h1-22,26-27,30-31,36,49H,23-25,28-29H2. The van der Waals surface area contributed by atoms with Gasteiger partial charge in [0.05, 0.1) is 20.4 Å². The lowest BCUT2D eigenvalue weighted by Gasteiger charge is -2.62. The number of fused-ring (bicyclic) bond motifs is 6. The predicted octanol–water partition coefficient (Wildman–Crippen LogP) is 14.7. The molecular formula is C52H38N2S2. The molecule has 10 aromatic rings. The maximum Gasteiger partial charge on any atom is 0.125 e. The number of rotatable bonds is 4. The Morgan fingerprint density at radius 3 is 1.62 bits per heavy atom. The molecule has 0 amide bonds. The zero-order valence-electron chi connectivity index (χ0n) is 30.9. The normalized spacial score (nSPS) is 23.1. The minimum Gasteiger partial charge on any atom is -0.236 e. The van der Waals surface area contributed by atoms with Gasteiger partial charge >= 0.3 is 0 Å². The molecule has 14 rings (SSSR count). The number of benzene rings is 8. The van der Waals surface area contributed by atoms with Gasteiger partial charge in [-0.25, -0.2) is 9.97 Å². The second kappa shape index (κ2) is 11.8. The molecule has 2 heterocycles. The van der Waals surface area contributed by atoms with Gasteiger partial charge in [0.2, 0.25) is 0 Å². The van der Waals surface area contributed by atoms with E-state index in [9.17, 15) is 0 Å². The van der Waals surface area contributed by atoms with E-state index in [1.54, 1.807) is 5.56 Å². The van der Waals surface area contributed by atoms with E-state index in [0.29, 0.717) is 11.8 Å². The quantitative estimate of drug-likeness (QED) is 0.167. The molecule has 0 saturated heterocycles. The molecule has 0 spiro atoms. The summed E-state index contributed by atoms with van der Waals surface area (Å²) in [6.07, 6.45) is 6.55. The minimum absolute atomic E-state index is 0.00688. The van der Waals surface area contributed by atoms with Crippen LogP contribution in [-0.2, 0) is 5.41 Å². The van der Waals surface area contributed by atoms with Gasteiger partial charge in [-0.3, -0.25) is 0 Å². The summed E-state index contributed by atoms with van der Waals surface area (Å²) in [6, 6.07) is 54.8. The molecule has 2 aromatic heterocycles. The molecule has 3 unspecified atom stereocenters. The molecule has 0 aliphatic heterocycles. The van der Waals surface area contributed by atoms with Gasteiger partial charge in [-0.15, -0.1) is 22.7 Å². The lowest BCUT2D eigenvalue weighted by atomic mass is 9.42. The van der Waals surface area contributed by atoms with Crippen LogP contribution >= 0.6 is 22.7 Å². The Hall–Kier alpha value is -5.42. The summed E-state index contributed by atoms with van der Waals surface area (Å²) < 4.78 is 2.50. The Balaban J connectivity index is 1.13. The molecule has 4 saturated carbocycles. The van der Waals surface area contributed by atoms with Crippen LogP contribution in [0.3, 0.4) is 0 Å². The molecule has 8 aromatic carbocycles. The van der Waals surface area contributed by atoms with Crippen LogP contribution in [0.5, 0.6) is 0 Å². The smallest absolute Gasteiger partial charge is 0.125 e. The summed E-state index contributed by atoms with van der Waals surface area (Å²) in [5.74, 6) is 2.58. The van der Waals surface area contributed by atoms with Gasteiger partial charge in [0.15, 0.2) is 0 Å². The van der Waals surface area contributed by atoms with E-state index in [1.165, 1.54) is 101 Å². The van der Waals surface area contributed by atoms with Crippen molar-refractivity contribution in [2.75, 3.05) is 0 Å². The van der Waals surface area contributed by atoms with Gasteiger partial charge in [0, 0.05) is 16.5 Å². The first-order valence-electron chi connectivity index (χ1n) is 20.3. The third-order valence-corrected chi connectivity index (χ3v) is 16.1. The van der Waals surface area contributed by atoms with Crippen LogP contribution in [0.4, 0.5) is 0 Å². The lowest BCUT2D eigenvalue weighted by molar-refractivity contribution is -0.0268. The van der Waals surface area contributed by atoms with Crippen LogP contribution in [0.2, 0.25) is 0 Å². The zero-order chi connectivity index (χ0) is 36.5. The maximum atomic E-state index is 5.39. The fourth-order valence-electron chi connectivity index (χ4n) is 12.3. The Morgan fingerprint density at radius 1 is 0.482 bits per heavy atom. The van der Waals surface area contributed by atoms with E-state index in [1.807, 2.05) is 22.7 Å². The van der Waals surface area contributed by atoms with E-state index in [4.69, 9.17) is 9.97 Å². The third kappa shape index (κ3) is 4.49. The summed E-state index contributed by atoms with van der Waals surface area (Å²) in [5, 5.41) is 13.0. The van der Waals surface area contributed by atoms with Crippen molar-refractivity contribution in [2.45, 2.75) is 43.4 Å². The van der Waals surface area contributed by atoms with E-state index < -0.39 is 0 Å². The Kier molecular flexibility index (Phi) is 6.69. The van der Waals surface area contributed by atoms with Crippen LogP contribution in [0, 0.1) is 17.8 Å². The van der Waals surface area contributed by atoms with E-state index in [2.05, 4.69) is 146 Å². The highest BCUT2D eigenvalue weighted by Gasteiger charge is 2.59. The maximum absolute atomic E-state index is 5.39. The number of para-hydroxylation sites is 2. The topological polar surface area (TPSA) is 25.8 Å². The third-order valence-electron chi connectivity index (χ3n) is 14.0. The van der Waals surface area contributed by atoms with Crippen molar-refractivity contribution in [1.29, 1.82) is 0 Å². The molecule has 4 aliphatic carbocycles. The number of hydrogen-bond donors (Lipinski definition) is 0. The first-order valence-corrected chi connectivity index (χ1v) is 21.9. The molecule has 2 nitrogen and oxygen atoms in total. The Morgan fingerprint density at radius 2 is 1.00 bits per heavy atom. The van der Waals surface area contributed by atoms with Crippen molar-refractivity contribution in [3.05, 3.63) is 157 Å². The average Bonchev–Trinajstić information content (AvgIpc) is 3.86. The summed E-state index contributed by atoms with van der Waals surface area (Å²) in [7, 11) is 0. The first kappa shape index (κ1) is 31.7. The number of aromatic nitrogens is 2. The minimum atomic E-state index is 0.00688. The van der Waals surface area contributed by atoms with E-state index >= 15 is 0 Å². The summed E-state index contributed by atoms with van der Waals surface area (Å²) in [5.41, 5.74) is 7.91. The summed E-state index contributed by atoms with van der Waals surface area (Å²) in [4.78, 5) is 10.8. The SMILES string of the molecule is c1ccc2c(-c3nc4ccccc4s3)c3c(C4C5CC6CC(C5)CC4(c4cccc5cc7ccccc7c(-c7nc8ccccc8s7)c45)C6)cccc3cc2c1. The van der Waals surface area contributed by atoms with Crippen molar-refractivity contribution >= 4 is 86.2 Å². The van der Waals surface area contributed by atoms with Crippen LogP contribution in [0.15, 0.2) is 146 Å². The van der Waals surface area contributed by atoms with Gasteiger partial charge in [-0.2, -0.15) is 0 Å². The molecule has 4 fully saturated rings. The molecule has 4 bridgehead atoms. The number of nitrogens with zero attached hydrogens (tertiary/aromatic N) is 2. The second-order valence-corrected chi connectivity index (χ2v) is 19.1. The van der Waals surface area contributed by atoms with Crippen LogP contribution in [0.1, 0.15) is 49.1 Å². The molecule has 56 heavy (non-hydrogen) atoms. The highest BCUT2D eigenvalue weighted by molar-refractivity contribution is 7.22. The van der Waals surface area contributed by atoms with Crippen LogP contribution < -0.4 is 0 Å². The number of thiazole rings is 2. The summed E-state index contributed by atoms with van der Waals surface area (Å²) >= 11 is 3.70. The van der Waals surface area contributed by atoms with E-state index in [0.717, 1.165) is 32.9 Å². The van der Waals surface area contributed by atoms with Gasteiger partial charge in [0.1, 0.15) is 10.0 Å². The highest BCUT2D eigenvalue weighted by Crippen LogP contribution is 2.68. The fourth-order valence-corrected chi connectivity index (χ4v) is 14.4. The fraction of sp³-hybridized carbons (Fsp3) is 0.192. The molecular weight excluding hydrogens is 717 g/mol. The molecule has 268 valence electrons. The largest absolute Gasteiger partial charge is 0.236 e. The highest BCUT2D eigenvalue weighted by atomic mass is 32.1. The van der Waals surface area contributed by atoms with Gasteiger partial charge in [0.25, 0.3) is 0 Å². The van der Waals surface area contributed by atoms with E-state index in [-0.39, 0.29) is 5.41 Å². The monoisotopic (exact) mass is 754 g/mol. The first-order chi connectivity index (χ1) is 27.7. The van der Waals surface area contributed by atoms with Crippen molar-refractivity contribution in [2.24, 2.45) is 17.8 Å². The molecule has 3 atom stereocenters. The molecule has 0 N–H and O–H groups in total. The Labute approximate surface area is 333 Å². The number of hydrogen-bond acceptors (Lipinski definition) is 4. The lowest BCUT2D eigenvalue weighted by Crippen LogP contribution is -2.54. The molecule has 4 heteroatoms. The van der Waals surface area contributed by atoms with Crippen molar-refractivity contribution < 1.29 is 0 Å². The Bertz CT molecular complexity index is 3160. The molecule has 4 aliphatic rings. The summed E-state index contributed by atoms with van der Waals surface area (Å²) in [6.45, 7) is 0. The van der Waals surface area contributed by atoms with Crippen LogP contribution in [-0.4, -0.2) is 9.97 Å². The van der Waals surface area contributed by atoms with Crippen molar-refractivity contribution in [3.63, 3.8) is 0 Å². The molecule has 0 radical (unpaired) electrons. The second-order valence-electron chi connectivity index (χ2n) is 17.0. The average molecular weight is 755 g/mol. The van der Waals surface area contributed by atoms with Crippen molar-refractivity contribution in [3.8, 4) is 21.1 Å². The zero-order valence-corrected chi connectivity index (χ0v) is 32.5.